The van der Waals surface area contributed by atoms with Gasteiger partial charge in [-0.2, -0.15) is 0 Å². The molecule has 65 heavy (non-hydrogen) atoms. The fourth-order valence-corrected chi connectivity index (χ4v) is 13.7. The lowest BCUT2D eigenvalue weighted by Gasteiger charge is -2.65. The molecule has 0 radical (unpaired) electrons. The quantitative estimate of drug-likeness (QED) is 0.0881. The molecule has 21 atom stereocenters. The van der Waals surface area contributed by atoms with Crippen molar-refractivity contribution in [1.29, 1.82) is 0 Å². The van der Waals surface area contributed by atoms with Gasteiger partial charge in [0.15, 0.2) is 18.9 Å². The Balaban J connectivity index is 0.799. The minimum absolute atomic E-state index is 0.0574. The Morgan fingerprint density at radius 3 is 2.03 bits per heavy atom. The summed E-state index contributed by atoms with van der Waals surface area (Å²) < 4.78 is 42.6. The summed E-state index contributed by atoms with van der Waals surface area (Å²) in [6, 6.07) is 6.11. The van der Waals surface area contributed by atoms with Crippen LogP contribution in [0.2, 0.25) is 0 Å². The first-order valence-electron chi connectivity index (χ1n) is 23.7. The number of benzene rings is 1. The Hall–Kier alpha value is -2.91. The number of hydrogen-bond acceptors (Lipinski definition) is 16. The summed E-state index contributed by atoms with van der Waals surface area (Å²) in [5, 5.41) is 79.3. The van der Waals surface area contributed by atoms with Crippen LogP contribution in [0.1, 0.15) is 111 Å². The molecule has 4 aliphatic carbocycles. The third-order valence-electron chi connectivity index (χ3n) is 17.3. The van der Waals surface area contributed by atoms with E-state index in [1.807, 2.05) is 13.8 Å². The maximum atomic E-state index is 12.9. The number of aliphatic hydroxyl groups excluding tert-OH is 5. The maximum Gasteiger partial charge on any atom is 0.336 e. The normalized spacial score (nSPS) is 49.4. The number of aliphatic hydroxyl groups is 6. The minimum Gasteiger partial charge on any atom is -0.423 e. The summed E-state index contributed by atoms with van der Waals surface area (Å²) in [5.74, 6) is -0.341. The van der Waals surface area contributed by atoms with Crippen molar-refractivity contribution in [1.82, 2.24) is 0 Å². The van der Waals surface area contributed by atoms with Crippen molar-refractivity contribution in [2.45, 2.75) is 197 Å². The van der Waals surface area contributed by atoms with Crippen LogP contribution in [0.3, 0.4) is 0 Å². The molecule has 3 saturated heterocycles. The SMILES string of the molecule is C[C@H]1O[C@@H](O[C@H]2[C@@H](O)C[C@H](O[C@H]3[C@@H](O)C[C@H](O[C@H]4CC[C@@]5(C)[C@H](CC[C@@H]6[C@@H]5C[C@@H](O)[C@]5(C)[C@@H](C7=CC(=O)O/C7=C\c7cccc([N+](=O)[O-])c7)CC[C@]65O)C4)O[C@@H]3C)O[C@@H]2C)C[C@H](O)[C@@H]1O. The Morgan fingerprint density at radius 1 is 0.769 bits per heavy atom. The van der Waals surface area contributed by atoms with Gasteiger partial charge in [-0.3, -0.25) is 10.1 Å². The van der Waals surface area contributed by atoms with Gasteiger partial charge in [0.1, 0.15) is 24.1 Å². The van der Waals surface area contributed by atoms with Gasteiger partial charge in [-0.05, 0) is 113 Å². The van der Waals surface area contributed by atoms with Crippen LogP contribution in [-0.4, -0.2) is 133 Å². The van der Waals surface area contributed by atoms with Crippen molar-refractivity contribution in [3.63, 3.8) is 0 Å². The van der Waals surface area contributed by atoms with Crippen molar-refractivity contribution in [3.8, 4) is 0 Å². The molecule has 8 aliphatic rings. The number of nitro benzene ring substituents is 1. The number of nitro groups is 1. The van der Waals surface area contributed by atoms with Gasteiger partial charge in [0.2, 0.25) is 0 Å². The molecule has 17 nitrogen and oxygen atoms in total. The predicted octanol–water partition coefficient (Wildman–Crippen LogP) is 4.17. The van der Waals surface area contributed by atoms with E-state index in [0.29, 0.717) is 36.2 Å². The molecule has 6 N–H and O–H groups in total. The fourth-order valence-electron chi connectivity index (χ4n) is 13.7. The monoisotopic (exact) mass is 913 g/mol. The highest BCUT2D eigenvalue weighted by atomic mass is 16.7. The van der Waals surface area contributed by atoms with Crippen LogP contribution in [-0.2, 0) is 38.0 Å². The van der Waals surface area contributed by atoms with E-state index in [-0.39, 0.29) is 60.1 Å². The summed E-state index contributed by atoms with van der Waals surface area (Å²) in [6.45, 7) is 9.49. The van der Waals surface area contributed by atoms with Crippen LogP contribution >= 0.6 is 0 Å². The summed E-state index contributed by atoms with van der Waals surface area (Å²) in [6.07, 6.45) is -1.51. The molecule has 0 amide bonds. The molecule has 0 spiro atoms. The first-order chi connectivity index (χ1) is 30.8. The van der Waals surface area contributed by atoms with E-state index in [0.717, 1.165) is 32.1 Å². The predicted molar refractivity (Wildman–Crippen MR) is 229 cm³/mol. The largest absolute Gasteiger partial charge is 0.423 e. The molecule has 4 saturated carbocycles. The van der Waals surface area contributed by atoms with Crippen LogP contribution in [0.25, 0.3) is 6.08 Å². The van der Waals surface area contributed by atoms with Gasteiger partial charge in [0.05, 0.1) is 59.4 Å². The van der Waals surface area contributed by atoms with Gasteiger partial charge >= 0.3 is 5.97 Å². The molecular formula is C48H67NO16. The number of non-ortho nitro benzene ring substituents is 1. The van der Waals surface area contributed by atoms with Crippen LogP contribution in [0.5, 0.6) is 0 Å². The second-order valence-electron chi connectivity index (χ2n) is 20.9. The zero-order valence-corrected chi connectivity index (χ0v) is 37.8. The van der Waals surface area contributed by atoms with E-state index < -0.39 is 102 Å². The highest BCUT2D eigenvalue weighted by molar-refractivity contribution is 5.90. The lowest BCUT2D eigenvalue weighted by atomic mass is 9.42. The van der Waals surface area contributed by atoms with E-state index in [1.165, 1.54) is 18.2 Å². The van der Waals surface area contributed by atoms with E-state index in [4.69, 9.17) is 33.2 Å². The average Bonchev–Trinajstić information content (AvgIpc) is 3.75. The highest BCUT2D eigenvalue weighted by Crippen LogP contribution is 2.70. The standard InChI is InChI=1S/C48H67NO16/c1-23-43(55)34(50)20-41(59-23)64-45-25(3)61-42(22-36(45)52)65-44-24(2)60-40(21-35(44)51)62-29-11-13-46(4)27(17-29)9-10-32-33(46)19-38(53)47(5)31(12-14-48(32,47)56)30-18-39(54)63-37(30)16-26-7-6-8-28(15-26)49(57)58/h6-8,15-16,18,23-25,27,29,31-36,38,40-45,50-53,55-56H,9-14,17,19-22H2,1-5H3/b37-16-/t23-,24-,25-,27-,29+,31-,32-,33+,34+,35+,36+,38-,40+,41+,42+,43-,44-,45-,46+,47+,48+/m1/s1. The molecule has 9 rings (SSSR count). The van der Waals surface area contributed by atoms with Gasteiger partial charge in [0, 0.05) is 48.5 Å². The second kappa shape index (κ2) is 17.9. The summed E-state index contributed by atoms with van der Waals surface area (Å²) in [7, 11) is 0. The first kappa shape index (κ1) is 47.2. The Bertz CT molecular complexity index is 1980. The molecule has 1 aromatic carbocycles. The number of carbonyl (C=O) groups excluding carboxylic acids is 1. The Morgan fingerprint density at radius 2 is 1.40 bits per heavy atom. The topological polar surface area (TPSA) is 246 Å². The molecule has 0 aromatic heterocycles. The smallest absolute Gasteiger partial charge is 0.336 e. The van der Waals surface area contributed by atoms with Crippen LogP contribution < -0.4 is 0 Å². The average molecular weight is 914 g/mol. The number of fused-ring (bicyclic) bond motifs is 5. The lowest BCUT2D eigenvalue weighted by Crippen LogP contribution is -2.67. The fraction of sp³-hybridized carbons (Fsp3) is 0.771. The van der Waals surface area contributed by atoms with E-state index >= 15 is 0 Å². The number of rotatable bonds is 9. The van der Waals surface area contributed by atoms with Crippen LogP contribution in [0.15, 0.2) is 41.7 Å². The molecule has 4 aliphatic heterocycles. The van der Waals surface area contributed by atoms with E-state index in [1.54, 1.807) is 32.1 Å². The number of allylic oxidation sites excluding steroid dienone is 1. The molecule has 0 unspecified atom stereocenters. The third-order valence-corrected chi connectivity index (χ3v) is 17.3. The molecule has 17 heteroatoms. The van der Waals surface area contributed by atoms with Crippen LogP contribution in [0, 0.1) is 44.6 Å². The van der Waals surface area contributed by atoms with Gasteiger partial charge < -0.3 is 63.8 Å². The van der Waals surface area contributed by atoms with Crippen molar-refractivity contribution in [2.24, 2.45) is 34.5 Å². The minimum atomic E-state index is -1.20. The number of ether oxygens (including phenoxy) is 7. The van der Waals surface area contributed by atoms with Crippen molar-refractivity contribution in [3.05, 3.63) is 57.4 Å². The number of cyclic esters (lactones) is 1. The molecule has 7 fully saturated rings. The van der Waals surface area contributed by atoms with E-state index in [2.05, 4.69) is 6.92 Å². The first-order valence-corrected chi connectivity index (χ1v) is 23.7. The third kappa shape index (κ3) is 8.43. The lowest BCUT2D eigenvalue weighted by molar-refractivity contribution is -0.384. The Labute approximate surface area is 379 Å². The van der Waals surface area contributed by atoms with Crippen LogP contribution in [0.4, 0.5) is 5.69 Å². The number of esters is 1. The van der Waals surface area contributed by atoms with Gasteiger partial charge in [-0.25, -0.2) is 4.79 Å². The summed E-state index contributed by atoms with van der Waals surface area (Å²) in [4.78, 5) is 23.8. The second-order valence-corrected chi connectivity index (χ2v) is 20.9. The molecule has 360 valence electrons. The summed E-state index contributed by atoms with van der Waals surface area (Å²) in [5.41, 5.74) is -1.28. The molecule has 0 bridgehead atoms. The zero-order valence-electron chi connectivity index (χ0n) is 37.8. The van der Waals surface area contributed by atoms with Gasteiger partial charge in [-0.1, -0.05) is 26.0 Å². The zero-order chi connectivity index (χ0) is 46.3. The van der Waals surface area contributed by atoms with Crippen molar-refractivity contribution in [2.75, 3.05) is 0 Å². The number of carbonyl (C=O) groups is 1. The van der Waals surface area contributed by atoms with Crippen molar-refractivity contribution < 1.29 is 73.5 Å². The van der Waals surface area contributed by atoms with E-state index in [9.17, 15) is 45.5 Å². The van der Waals surface area contributed by atoms with Gasteiger partial charge in [0.25, 0.3) is 5.69 Å². The van der Waals surface area contributed by atoms with Crippen molar-refractivity contribution >= 4 is 17.7 Å². The van der Waals surface area contributed by atoms with Gasteiger partial charge in [-0.15, -0.1) is 0 Å². The molecule has 1 aromatic rings. The molecule has 4 heterocycles. The number of nitrogens with zero attached hydrogens (tertiary/aromatic N) is 1. The number of hydrogen-bond donors (Lipinski definition) is 6. The highest BCUT2D eigenvalue weighted by Gasteiger charge is 2.71. The maximum absolute atomic E-state index is 12.9. The molecular weight excluding hydrogens is 847 g/mol. The Kier molecular flexibility index (Phi) is 13.0. The summed E-state index contributed by atoms with van der Waals surface area (Å²) >= 11 is 0.